The van der Waals surface area contributed by atoms with E-state index >= 15 is 0 Å². The molecule has 1 heterocycles. The summed E-state index contributed by atoms with van der Waals surface area (Å²) in [7, 11) is 0. The third kappa shape index (κ3) is 14.4. The smallest absolute Gasteiger partial charge is 0.378 e. The van der Waals surface area contributed by atoms with Crippen LogP contribution < -0.4 is 0 Å². The van der Waals surface area contributed by atoms with E-state index in [1.54, 1.807) is 0 Å². The molecule has 1 rings (SSSR count). The standard InChI is InChI=1S/C38H72O6/c1-5-9-13-17-21-25-29-37(30-26-22-18-14-10-6-2,43-32-28-24-20-16-12-8-4)38(42,31-27-23-19-15-11-7-3)35-33(39)34(40)36(41)44-35/h35,39-40,42H,5-32H2,1-4H3/t35-,38+/m0/s1. The number of cyclic esters (lactones) is 1. The van der Waals surface area contributed by atoms with Crippen molar-refractivity contribution in [3.63, 3.8) is 0 Å². The Bertz CT molecular complexity index is 734. The molecule has 3 N–H and O–H groups in total. The zero-order chi connectivity index (χ0) is 32.5. The van der Waals surface area contributed by atoms with Crippen LogP contribution in [0.1, 0.15) is 201 Å². The van der Waals surface area contributed by atoms with Crippen molar-refractivity contribution < 1.29 is 29.6 Å². The number of hydrogen-bond acceptors (Lipinski definition) is 6. The van der Waals surface area contributed by atoms with Crippen LogP contribution in [-0.4, -0.2) is 45.2 Å². The molecular formula is C38H72O6. The lowest BCUT2D eigenvalue weighted by molar-refractivity contribution is -0.236. The van der Waals surface area contributed by atoms with Gasteiger partial charge in [0.25, 0.3) is 0 Å². The van der Waals surface area contributed by atoms with Gasteiger partial charge in [-0.2, -0.15) is 0 Å². The molecule has 0 unspecified atom stereocenters. The minimum Gasteiger partial charge on any atom is -0.505 e. The van der Waals surface area contributed by atoms with Crippen molar-refractivity contribution >= 4 is 5.97 Å². The molecule has 6 heteroatoms. The van der Waals surface area contributed by atoms with Crippen LogP contribution in [0.4, 0.5) is 0 Å². The number of ether oxygens (including phenoxy) is 2. The van der Waals surface area contributed by atoms with Gasteiger partial charge in [-0.3, -0.25) is 0 Å². The molecule has 0 aromatic rings. The lowest BCUT2D eigenvalue weighted by Gasteiger charge is -2.50. The Hall–Kier alpha value is -1.27. The third-order valence-electron chi connectivity index (χ3n) is 9.79. The van der Waals surface area contributed by atoms with E-state index in [1.165, 1.54) is 77.0 Å². The summed E-state index contributed by atoms with van der Waals surface area (Å²) < 4.78 is 12.5. The number of rotatable bonds is 31. The highest BCUT2D eigenvalue weighted by atomic mass is 16.6. The van der Waals surface area contributed by atoms with Gasteiger partial charge < -0.3 is 24.8 Å². The SMILES string of the molecule is CCCCCCCCOC(CCCCCCCC)(CCCCCCCC)[C@@](O)(CCCCCCCC)[C@H]1OC(=O)C(O)=C1O. The van der Waals surface area contributed by atoms with Crippen molar-refractivity contribution in [3.8, 4) is 0 Å². The number of aliphatic hydroxyl groups is 3. The molecule has 2 atom stereocenters. The molecule has 0 fully saturated rings. The van der Waals surface area contributed by atoms with E-state index in [0.717, 1.165) is 77.0 Å². The van der Waals surface area contributed by atoms with Crippen LogP contribution in [0, 0.1) is 0 Å². The number of aliphatic hydroxyl groups excluding tert-OH is 2. The molecule has 44 heavy (non-hydrogen) atoms. The molecule has 0 saturated heterocycles. The van der Waals surface area contributed by atoms with Crippen molar-refractivity contribution in [2.45, 2.75) is 218 Å². The van der Waals surface area contributed by atoms with E-state index in [2.05, 4.69) is 27.7 Å². The highest BCUT2D eigenvalue weighted by Crippen LogP contribution is 2.47. The van der Waals surface area contributed by atoms with Crippen molar-refractivity contribution in [1.82, 2.24) is 0 Å². The summed E-state index contributed by atoms with van der Waals surface area (Å²) in [5.74, 6) is -2.28. The molecule has 1 aliphatic heterocycles. The van der Waals surface area contributed by atoms with Crippen LogP contribution in [0.5, 0.6) is 0 Å². The fraction of sp³-hybridized carbons (Fsp3) is 0.921. The van der Waals surface area contributed by atoms with E-state index < -0.39 is 34.8 Å². The zero-order valence-corrected chi connectivity index (χ0v) is 29.4. The molecule has 6 nitrogen and oxygen atoms in total. The topological polar surface area (TPSA) is 96.2 Å². The largest absolute Gasteiger partial charge is 0.505 e. The van der Waals surface area contributed by atoms with Crippen LogP contribution >= 0.6 is 0 Å². The molecule has 0 aromatic carbocycles. The number of carbonyl (C=O) groups is 1. The summed E-state index contributed by atoms with van der Waals surface area (Å²) in [6, 6.07) is 0. The average Bonchev–Trinajstić information content (AvgIpc) is 3.28. The van der Waals surface area contributed by atoms with Gasteiger partial charge in [0.05, 0.1) is 0 Å². The molecule has 0 bridgehead atoms. The Morgan fingerprint density at radius 1 is 0.568 bits per heavy atom. The normalized spacial score (nSPS) is 16.9. The van der Waals surface area contributed by atoms with Gasteiger partial charge in [-0.05, 0) is 25.7 Å². The maximum atomic E-state index is 12.9. The number of hydrogen-bond donors (Lipinski definition) is 3. The van der Waals surface area contributed by atoms with Gasteiger partial charge in [-0.15, -0.1) is 0 Å². The second kappa shape index (κ2) is 24.9. The molecule has 260 valence electrons. The Balaban J connectivity index is 3.33. The van der Waals surface area contributed by atoms with Gasteiger partial charge in [0.1, 0.15) is 11.2 Å². The molecule has 0 radical (unpaired) electrons. The van der Waals surface area contributed by atoms with Gasteiger partial charge >= 0.3 is 5.97 Å². The predicted octanol–water partition coefficient (Wildman–Crippen LogP) is 11.3. The van der Waals surface area contributed by atoms with Crippen LogP contribution in [0.2, 0.25) is 0 Å². The van der Waals surface area contributed by atoms with Gasteiger partial charge in [0.15, 0.2) is 11.9 Å². The lowest BCUT2D eigenvalue weighted by atomic mass is 9.69. The van der Waals surface area contributed by atoms with Crippen molar-refractivity contribution in [1.29, 1.82) is 0 Å². The number of unbranched alkanes of at least 4 members (excludes halogenated alkanes) is 20. The van der Waals surface area contributed by atoms with E-state index in [-0.39, 0.29) is 0 Å². The highest BCUT2D eigenvalue weighted by Gasteiger charge is 2.60. The summed E-state index contributed by atoms with van der Waals surface area (Å²) in [6.45, 7) is 9.41. The second-order valence-corrected chi connectivity index (χ2v) is 13.6. The van der Waals surface area contributed by atoms with Gasteiger partial charge in [-0.25, -0.2) is 4.79 Å². The van der Waals surface area contributed by atoms with Crippen LogP contribution in [0.3, 0.4) is 0 Å². The minimum atomic E-state index is -1.63. The fourth-order valence-electron chi connectivity index (χ4n) is 6.90. The monoisotopic (exact) mass is 625 g/mol. The van der Waals surface area contributed by atoms with E-state index in [9.17, 15) is 20.1 Å². The fourth-order valence-corrected chi connectivity index (χ4v) is 6.90. The molecule has 1 aliphatic rings. The maximum absolute atomic E-state index is 12.9. The van der Waals surface area contributed by atoms with Gasteiger partial charge in [0.2, 0.25) is 5.76 Å². The quantitative estimate of drug-likeness (QED) is 0.0524. The highest BCUT2D eigenvalue weighted by molar-refractivity contribution is 5.89. The summed E-state index contributed by atoms with van der Waals surface area (Å²) >= 11 is 0. The Morgan fingerprint density at radius 3 is 1.32 bits per heavy atom. The van der Waals surface area contributed by atoms with E-state index in [4.69, 9.17) is 9.47 Å². The summed E-state index contributed by atoms with van der Waals surface area (Å²) in [5.41, 5.74) is -2.60. The van der Waals surface area contributed by atoms with Crippen LogP contribution in [-0.2, 0) is 14.3 Å². The Morgan fingerprint density at radius 2 is 0.932 bits per heavy atom. The van der Waals surface area contributed by atoms with Crippen molar-refractivity contribution in [2.75, 3.05) is 6.61 Å². The summed E-state index contributed by atoms with van der Waals surface area (Å²) in [4.78, 5) is 12.5. The first-order valence-electron chi connectivity index (χ1n) is 19.0. The summed E-state index contributed by atoms with van der Waals surface area (Å²) in [5, 5.41) is 34.2. The van der Waals surface area contributed by atoms with E-state index in [1.807, 2.05) is 0 Å². The third-order valence-corrected chi connectivity index (χ3v) is 9.79. The van der Waals surface area contributed by atoms with Gasteiger partial charge in [-0.1, -0.05) is 175 Å². The van der Waals surface area contributed by atoms with Crippen molar-refractivity contribution in [2.24, 2.45) is 0 Å². The first-order valence-corrected chi connectivity index (χ1v) is 19.0. The molecule has 0 saturated carbocycles. The van der Waals surface area contributed by atoms with Crippen LogP contribution in [0.25, 0.3) is 0 Å². The number of esters is 1. The lowest BCUT2D eigenvalue weighted by Crippen LogP contribution is -2.63. The van der Waals surface area contributed by atoms with E-state index in [0.29, 0.717) is 25.9 Å². The van der Waals surface area contributed by atoms with Crippen molar-refractivity contribution in [3.05, 3.63) is 11.5 Å². The first kappa shape index (κ1) is 40.8. The second-order valence-electron chi connectivity index (χ2n) is 13.6. The molecule has 0 amide bonds. The number of carbonyl (C=O) groups excluding carboxylic acids is 1. The average molecular weight is 625 g/mol. The Kier molecular flexibility index (Phi) is 23.1. The summed E-state index contributed by atoms with van der Waals surface area (Å²) in [6.07, 6.45) is 27.1. The predicted molar refractivity (Wildman–Crippen MR) is 183 cm³/mol. The molecule has 0 spiro atoms. The Labute approximate surface area is 271 Å². The molecule has 0 aliphatic carbocycles. The van der Waals surface area contributed by atoms with Crippen LogP contribution in [0.15, 0.2) is 11.5 Å². The molecular weight excluding hydrogens is 552 g/mol. The zero-order valence-electron chi connectivity index (χ0n) is 29.4. The first-order chi connectivity index (χ1) is 21.3. The minimum absolute atomic E-state index is 0.358. The van der Waals surface area contributed by atoms with Gasteiger partial charge in [0, 0.05) is 6.61 Å². The maximum Gasteiger partial charge on any atom is 0.378 e. The molecule has 0 aromatic heterocycles.